The zero-order valence-corrected chi connectivity index (χ0v) is 16.4. The Balaban J connectivity index is 2.15. The number of aromatic nitrogens is 2. The number of benzene rings is 1. The van der Waals surface area contributed by atoms with Gasteiger partial charge in [-0.2, -0.15) is 5.10 Å². The number of carbonyl (C=O) groups excluding carboxylic acids is 1. The number of hydrogen-bond donors (Lipinski definition) is 1. The maximum absolute atomic E-state index is 12.3. The summed E-state index contributed by atoms with van der Waals surface area (Å²) >= 11 is 6.39. The third-order valence-electron chi connectivity index (χ3n) is 4.16. The molecule has 25 heavy (non-hydrogen) atoms. The lowest BCUT2D eigenvalue weighted by Crippen LogP contribution is -2.10. The zero-order valence-electron chi connectivity index (χ0n) is 15.6. The highest BCUT2D eigenvalue weighted by molar-refractivity contribution is 6.31. The molecule has 0 radical (unpaired) electrons. The molecule has 1 N–H and O–H groups in total. The van der Waals surface area contributed by atoms with E-state index in [1.165, 1.54) is 11.6 Å². The quantitative estimate of drug-likeness (QED) is 0.718. The predicted molar refractivity (Wildman–Crippen MR) is 105 cm³/mol. The Labute approximate surface area is 154 Å². The summed E-state index contributed by atoms with van der Waals surface area (Å²) in [4.78, 5) is 12.3. The van der Waals surface area contributed by atoms with E-state index in [4.69, 9.17) is 11.6 Å². The monoisotopic (exact) mass is 359 g/mol. The van der Waals surface area contributed by atoms with Gasteiger partial charge in [-0.3, -0.25) is 9.48 Å². The van der Waals surface area contributed by atoms with Crippen molar-refractivity contribution in [1.82, 2.24) is 9.78 Å². The molecule has 0 atom stereocenters. The Hall–Kier alpha value is -2.07. The van der Waals surface area contributed by atoms with Gasteiger partial charge in [0, 0.05) is 23.9 Å². The van der Waals surface area contributed by atoms with E-state index in [0.29, 0.717) is 5.15 Å². The van der Waals surface area contributed by atoms with Gasteiger partial charge in [-0.1, -0.05) is 42.6 Å². The molecule has 134 valence electrons. The van der Waals surface area contributed by atoms with Gasteiger partial charge in [0.15, 0.2) is 0 Å². The first-order chi connectivity index (χ1) is 11.8. The molecule has 2 aromatic rings. The Kier molecular flexibility index (Phi) is 6.43. The molecule has 1 heterocycles. The third kappa shape index (κ3) is 4.73. The van der Waals surface area contributed by atoms with E-state index in [1.807, 2.05) is 27.7 Å². The van der Waals surface area contributed by atoms with Crippen LogP contribution in [0.3, 0.4) is 0 Å². The minimum absolute atomic E-state index is 0.174. The highest BCUT2D eigenvalue weighted by atomic mass is 35.5. The number of hydrogen-bond acceptors (Lipinski definition) is 2. The van der Waals surface area contributed by atoms with Crippen LogP contribution in [0.1, 0.15) is 47.7 Å². The average Bonchev–Trinajstić information content (AvgIpc) is 2.80. The number of halogens is 1. The smallest absolute Gasteiger partial charge is 0.248 e. The van der Waals surface area contributed by atoms with E-state index in [-0.39, 0.29) is 5.91 Å². The van der Waals surface area contributed by atoms with Crippen molar-refractivity contribution in [2.24, 2.45) is 0 Å². The third-order valence-corrected chi connectivity index (χ3v) is 4.56. The number of aryl methyl sites for hydroxylation is 5. The second-order valence-electron chi connectivity index (χ2n) is 6.46. The van der Waals surface area contributed by atoms with Gasteiger partial charge < -0.3 is 5.32 Å². The normalized spacial score (nSPS) is 11.3. The van der Waals surface area contributed by atoms with Crippen LogP contribution in [0.15, 0.2) is 18.2 Å². The first-order valence-electron chi connectivity index (χ1n) is 8.63. The van der Waals surface area contributed by atoms with Crippen molar-refractivity contribution in [3.05, 3.63) is 51.3 Å². The van der Waals surface area contributed by atoms with E-state index < -0.39 is 0 Å². The van der Waals surface area contributed by atoms with Crippen LogP contribution in [0.4, 0.5) is 5.69 Å². The van der Waals surface area contributed by atoms with Crippen molar-refractivity contribution in [3.63, 3.8) is 0 Å². The maximum atomic E-state index is 12.3. The van der Waals surface area contributed by atoms with Gasteiger partial charge in [0.25, 0.3) is 0 Å². The van der Waals surface area contributed by atoms with Crippen molar-refractivity contribution in [3.8, 4) is 0 Å². The number of rotatable bonds is 6. The van der Waals surface area contributed by atoms with Gasteiger partial charge in [0.05, 0.1) is 5.69 Å². The fourth-order valence-corrected chi connectivity index (χ4v) is 3.24. The molecule has 0 fully saturated rings. The molecule has 1 amide bonds. The number of amides is 1. The fourth-order valence-electron chi connectivity index (χ4n) is 2.91. The zero-order chi connectivity index (χ0) is 18.6. The first-order valence-corrected chi connectivity index (χ1v) is 9.01. The predicted octanol–water partition coefficient (Wildman–Crippen LogP) is 5.22. The van der Waals surface area contributed by atoms with E-state index in [9.17, 15) is 4.79 Å². The van der Waals surface area contributed by atoms with Gasteiger partial charge in [-0.05, 0) is 51.3 Å². The standard InChI is InChI=1S/C20H26ClN3O/c1-6-7-10-24-20(21)17(16(5)23-24)8-9-18(25)22-19-14(3)11-13(2)12-15(19)4/h8-9,11-12H,6-7,10H2,1-5H3,(H,22,25)/b9-8+. The van der Waals surface area contributed by atoms with Crippen molar-refractivity contribution >= 4 is 29.3 Å². The summed E-state index contributed by atoms with van der Waals surface area (Å²) in [7, 11) is 0. The van der Waals surface area contributed by atoms with Gasteiger partial charge in [-0.15, -0.1) is 0 Å². The van der Waals surface area contributed by atoms with E-state index >= 15 is 0 Å². The molecule has 2 rings (SSSR count). The number of carbonyl (C=O) groups is 1. The molecule has 0 aliphatic rings. The number of nitrogens with zero attached hydrogens (tertiary/aromatic N) is 2. The summed E-state index contributed by atoms with van der Waals surface area (Å²) < 4.78 is 1.80. The molecule has 0 saturated heterocycles. The lowest BCUT2D eigenvalue weighted by molar-refractivity contribution is -0.111. The minimum atomic E-state index is -0.174. The van der Waals surface area contributed by atoms with Crippen LogP contribution in [-0.2, 0) is 11.3 Å². The van der Waals surface area contributed by atoms with Crippen molar-refractivity contribution in [2.75, 3.05) is 5.32 Å². The highest BCUT2D eigenvalue weighted by Crippen LogP contribution is 2.23. The molecular weight excluding hydrogens is 334 g/mol. The summed E-state index contributed by atoms with van der Waals surface area (Å²) in [6.07, 6.45) is 5.36. The van der Waals surface area contributed by atoms with Crippen LogP contribution in [0, 0.1) is 27.7 Å². The maximum Gasteiger partial charge on any atom is 0.248 e. The molecule has 1 aromatic carbocycles. The van der Waals surface area contributed by atoms with E-state index in [2.05, 4.69) is 29.5 Å². The van der Waals surface area contributed by atoms with Crippen molar-refractivity contribution < 1.29 is 4.79 Å². The van der Waals surface area contributed by atoms with Crippen molar-refractivity contribution in [2.45, 2.75) is 54.0 Å². The van der Waals surface area contributed by atoms with Gasteiger partial charge >= 0.3 is 0 Å². The van der Waals surface area contributed by atoms with E-state index in [1.54, 1.807) is 10.8 Å². The number of unbranched alkanes of at least 4 members (excludes halogenated alkanes) is 1. The largest absolute Gasteiger partial charge is 0.322 e. The Bertz CT molecular complexity index is 783. The lowest BCUT2D eigenvalue weighted by Gasteiger charge is -2.11. The molecule has 0 spiro atoms. The van der Waals surface area contributed by atoms with Gasteiger partial charge in [0.2, 0.25) is 5.91 Å². The topological polar surface area (TPSA) is 46.9 Å². The number of anilines is 1. The molecular formula is C20H26ClN3O. The lowest BCUT2D eigenvalue weighted by atomic mass is 10.1. The van der Waals surface area contributed by atoms with E-state index in [0.717, 1.165) is 47.5 Å². The second-order valence-corrected chi connectivity index (χ2v) is 6.82. The molecule has 4 nitrogen and oxygen atoms in total. The molecule has 0 aliphatic heterocycles. The minimum Gasteiger partial charge on any atom is -0.322 e. The summed E-state index contributed by atoms with van der Waals surface area (Å²) in [5.74, 6) is -0.174. The van der Waals surface area contributed by atoms with Crippen LogP contribution < -0.4 is 5.32 Å². The fraction of sp³-hybridized carbons (Fsp3) is 0.400. The van der Waals surface area contributed by atoms with Crippen LogP contribution in [0.25, 0.3) is 6.08 Å². The molecule has 1 aromatic heterocycles. The number of nitrogens with one attached hydrogen (secondary N) is 1. The summed E-state index contributed by atoms with van der Waals surface area (Å²) in [6, 6.07) is 4.12. The summed E-state index contributed by atoms with van der Waals surface area (Å²) in [6.45, 7) is 10.9. The molecule has 5 heteroatoms. The van der Waals surface area contributed by atoms with Crippen LogP contribution in [0.5, 0.6) is 0 Å². The Morgan fingerprint density at radius 3 is 2.48 bits per heavy atom. The van der Waals surface area contributed by atoms with Crippen LogP contribution >= 0.6 is 11.6 Å². The second kappa shape index (κ2) is 8.34. The first kappa shape index (κ1) is 19.3. The van der Waals surface area contributed by atoms with Crippen molar-refractivity contribution in [1.29, 1.82) is 0 Å². The summed E-state index contributed by atoms with van der Waals surface area (Å²) in [5.41, 5.74) is 5.78. The Morgan fingerprint density at radius 2 is 1.88 bits per heavy atom. The summed E-state index contributed by atoms with van der Waals surface area (Å²) in [5, 5.41) is 7.99. The molecule has 0 unspecified atom stereocenters. The van der Waals surface area contributed by atoms with Gasteiger partial charge in [0.1, 0.15) is 5.15 Å². The van der Waals surface area contributed by atoms with Gasteiger partial charge in [-0.25, -0.2) is 0 Å². The molecule has 0 saturated carbocycles. The van der Waals surface area contributed by atoms with Crippen LogP contribution in [0.2, 0.25) is 5.15 Å². The SMILES string of the molecule is CCCCn1nc(C)c(/C=C/C(=O)Nc2c(C)cc(C)cc2C)c1Cl. The Morgan fingerprint density at radius 1 is 1.24 bits per heavy atom. The van der Waals surface area contributed by atoms with Crippen LogP contribution in [-0.4, -0.2) is 15.7 Å². The molecule has 0 aliphatic carbocycles. The molecule has 0 bridgehead atoms. The average molecular weight is 360 g/mol. The highest BCUT2D eigenvalue weighted by Gasteiger charge is 2.11.